The van der Waals surface area contributed by atoms with Crippen LogP contribution in [0.15, 0.2) is 6.20 Å². The molecule has 20 heavy (non-hydrogen) atoms. The van der Waals surface area contributed by atoms with Gasteiger partial charge in [0, 0.05) is 26.2 Å². The number of hydrogen-bond donors (Lipinski definition) is 0. The predicted molar refractivity (Wildman–Crippen MR) is 83.7 cm³/mol. The minimum absolute atomic E-state index is 0.227. The van der Waals surface area contributed by atoms with Crippen LogP contribution in [0.25, 0.3) is 0 Å². The summed E-state index contributed by atoms with van der Waals surface area (Å²) in [4.78, 5) is 13.5. The lowest BCUT2D eigenvalue weighted by Crippen LogP contribution is -2.42. The van der Waals surface area contributed by atoms with Gasteiger partial charge in [0.15, 0.2) is 5.82 Å². The van der Waals surface area contributed by atoms with Gasteiger partial charge in [0.2, 0.25) is 5.28 Å². The van der Waals surface area contributed by atoms with E-state index in [4.69, 9.17) is 11.6 Å². The van der Waals surface area contributed by atoms with Gasteiger partial charge in [-0.05, 0) is 29.9 Å². The molecule has 0 radical (unpaired) electrons. The first-order chi connectivity index (χ1) is 9.46. The maximum atomic E-state index is 6.05. The zero-order chi connectivity index (χ0) is 14.3. The molecule has 1 aromatic rings. The van der Waals surface area contributed by atoms with E-state index in [0.717, 1.165) is 24.6 Å². The number of fused-ring (bicyclic) bond motifs is 1. The summed E-state index contributed by atoms with van der Waals surface area (Å²) in [6.07, 6.45) is 7.05. The molecule has 2 heterocycles. The molecule has 2 aliphatic rings. The molecule has 1 fully saturated rings. The lowest BCUT2D eigenvalue weighted by molar-refractivity contribution is 0.363. The largest absolute Gasteiger partial charge is 0.370 e. The Hall–Kier alpha value is -1.03. The number of halogens is 1. The summed E-state index contributed by atoms with van der Waals surface area (Å²) in [5, 5.41) is 0.347. The van der Waals surface area contributed by atoms with Crippen molar-refractivity contribution in [3.63, 3.8) is 0 Å². The van der Waals surface area contributed by atoms with E-state index in [0.29, 0.717) is 11.3 Å². The Balaban J connectivity index is 2.05. The molecule has 4 nitrogen and oxygen atoms in total. The van der Waals surface area contributed by atoms with Crippen molar-refractivity contribution < 1.29 is 0 Å². The minimum Gasteiger partial charge on any atom is -0.370 e. The fourth-order valence-electron chi connectivity index (χ4n) is 3.66. The van der Waals surface area contributed by atoms with Crippen LogP contribution < -0.4 is 9.80 Å². The summed E-state index contributed by atoms with van der Waals surface area (Å²) in [7, 11) is 2.12. The van der Waals surface area contributed by atoms with Gasteiger partial charge < -0.3 is 9.80 Å². The Morgan fingerprint density at radius 3 is 2.65 bits per heavy atom. The van der Waals surface area contributed by atoms with Crippen LogP contribution in [-0.2, 0) is 0 Å². The second-order valence-electron chi connectivity index (χ2n) is 6.93. The minimum atomic E-state index is 0.227. The SMILES string of the molecule is CN1CC(C)(C)CN(C2CCCC2)c2nc(Cl)ncc21. The van der Waals surface area contributed by atoms with Crippen molar-refractivity contribution in [2.24, 2.45) is 5.41 Å². The normalized spacial score (nSPS) is 22.8. The van der Waals surface area contributed by atoms with Crippen molar-refractivity contribution >= 4 is 23.1 Å². The van der Waals surface area contributed by atoms with Gasteiger partial charge in [-0.3, -0.25) is 0 Å². The Labute approximate surface area is 126 Å². The fourth-order valence-corrected chi connectivity index (χ4v) is 3.79. The first-order valence-corrected chi connectivity index (χ1v) is 7.84. The molecule has 1 aromatic heterocycles. The topological polar surface area (TPSA) is 32.3 Å². The third kappa shape index (κ3) is 2.58. The highest BCUT2D eigenvalue weighted by atomic mass is 35.5. The number of hydrogen-bond acceptors (Lipinski definition) is 4. The van der Waals surface area contributed by atoms with Gasteiger partial charge in [-0.2, -0.15) is 4.98 Å². The van der Waals surface area contributed by atoms with Crippen LogP contribution in [0.5, 0.6) is 0 Å². The summed E-state index contributed by atoms with van der Waals surface area (Å²) in [5.74, 6) is 1.02. The number of aromatic nitrogens is 2. The molecule has 1 aliphatic carbocycles. The van der Waals surface area contributed by atoms with Crippen LogP contribution in [0.4, 0.5) is 11.5 Å². The molecule has 110 valence electrons. The number of anilines is 2. The molecular weight excluding hydrogens is 272 g/mol. The molecule has 3 rings (SSSR count). The lowest BCUT2D eigenvalue weighted by atomic mass is 9.92. The average molecular weight is 295 g/mol. The van der Waals surface area contributed by atoms with Gasteiger partial charge in [0.25, 0.3) is 0 Å². The van der Waals surface area contributed by atoms with Crippen LogP contribution in [0.1, 0.15) is 39.5 Å². The third-order valence-corrected chi connectivity index (χ3v) is 4.62. The van der Waals surface area contributed by atoms with E-state index in [9.17, 15) is 0 Å². The Morgan fingerprint density at radius 2 is 1.95 bits per heavy atom. The number of nitrogens with zero attached hydrogens (tertiary/aromatic N) is 4. The summed E-state index contributed by atoms with van der Waals surface area (Å²) in [6, 6.07) is 0.602. The molecule has 0 unspecified atom stereocenters. The van der Waals surface area contributed by atoms with E-state index in [2.05, 4.69) is 40.7 Å². The second kappa shape index (κ2) is 5.06. The first-order valence-electron chi connectivity index (χ1n) is 7.47. The highest BCUT2D eigenvalue weighted by Crippen LogP contribution is 2.39. The van der Waals surface area contributed by atoms with Crippen molar-refractivity contribution in [3.05, 3.63) is 11.5 Å². The van der Waals surface area contributed by atoms with Gasteiger partial charge >= 0.3 is 0 Å². The lowest BCUT2D eigenvalue weighted by Gasteiger charge is -2.35. The van der Waals surface area contributed by atoms with Crippen molar-refractivity contribution in [3.8, 4) is 0 Å². The van der Waals surface area contributed by atoms with E-state index in [-0.39, 0.29) is 5.41 Å². The molecule has 0 N–H and O–H groups in total. The zero-order valence-corrected chi connectivity index (χ0v) is 13.3. The van der Waals surface area contributed by atoms with Gasteiger partial charge in [-0.25, -0.2) is 4.98 Å². The fraction of sp³-hybridized carbons (Fsp3) is 0.733. The highest BCUT2D eigenvalue weighted by molar-refractivity contribution is 6.28. The molecule has 0 bridgehead atoms. The van der Waals surface area contributed by atoms with Crippen molar-refractivity contribution in [2.75, 3.05) is 29.9 Å². The highest BCUT2D eigenvalue weighted by Gasteiger charge is 2.35. The summed E-state index contributed by atoms with van der Waals surface area (Å²) >= 11 is 6.05. The second-order valence-corrected chi connectivity index (χ2v) is 7.27. The molecule has 0 atom stereocenters. The van der Waals surface area contributed by atoms with Crippen molar-refractivity contribution in [1.82, 2.24) is 9.97 Å². The van der Waals surface area contributed by atoms with Gasteiger partial charge in [-0.1, -0.05) is 26.7 Å². The van der Waals surface area contributed by atoms with Crippen LogP contribution >= 0.6 is 11.6 Å². The molecule has 0 aromatic carbocycles. The third-order valence-electron chi connectivity index (χ3n) is 4.43. The quantitative estimate of drug-likeness (QED) is 0.744. The molecular formula is C15H23ClN4. The van der Waals surface area contributed by atoms with E-state index in [1.54, 1.807) is 0 Å². The first kappa shape index (κ1) is 13.9. The Kier molecular flexibility index (Phi) is 3.53. The standard InChI is InChI=1S/C15H23ClN4/c1-15(2)9-19(3)12-8-17-14(16)18-13(12)20(10-15)11-6-4-5-7-11/h8,11H,4-7,9-10H2,1-3H3. The summed E-state index contributed by atoms with van der Waals surface area (Å²) < 4.78 is 0. The van der Waals surface area contributed by atoms with Crippen LogP contribution in [0, 0.1) is 5.41 Å². The maximum absolute atomic E-state index is 6.05. The summed E-state index contributed by atoms with van der Waals surface area (Å²) in [5.41, 5.74) is 1.33. The van der Waals surface area contributed by atoms with E-state index in [1.165, 1.54) is 25.7 Å². The summed E-state index contributed by atoms with van der Waals surface area (Å²) in [6.45, 7) is 6.69. The van der Waals surface area contributed by atoms with Gasteiger partial charge in [-0.15, -0.1) is 0 Å². The molecule has 0 spiro atoms. The van der Waals surface area contributed by atoms with Crippen LogP contribution in [0.2, 0.25) is 5.28 Å². The molecule has 1 aliphatic heterocycles. The smallest absolute Gasteiger partial charge is 0.224 e. The zero-order valence-electron chi connectivity index (χ0n) is 12.6. The molecule has 5 heteroatoms. The Morgan fingerprint density at radius 1 is 1.25 bits per heavy atom. The van der Waals surface area contributed by atoms with Crippen LogP contribution in [-0.4, -0.2) is 36.1 Å². The van der Waals surface area contributed by atoms with E-state index in [1.807, 2.05) is 6.20 Å². The predicted octanol–water partition coefficient (Wildman–Crippen LogP) is 3.36. The Bertz CT molecular complexity index is 497. The number of rotatable bonds is 1. The monoisotopic (exact) mass is 294 g/mol. The molecule has 0 saturated heterocycles. The van der Waals surface area contributed by atoms with Gasteiger partial charge in [0.1, 0.15) is 0 Å². The van der Waals surface area contributed by atoms with Crippen molar-refractivity contribution in [1.29, 1.82) is 0 Å². The molecule has 1 saturated carbocycles. The maximum Gasteiger partial charge on any atom is 0.224 e. The van der Waals surface area contributed by atoms with E-state index < -0.39 is 0 Å². The molecule has 0 amide bonds. The van der Waals surface area contributed by atoms with E-state index >= 15 is 0 Å². The average Bonchev–Trinajstić information content (AvgIpc) is 2.85. The van der Waals surface area contributed by atoms with Crippen LogP contribution in [0.3, 0.4) is 0 Å². The van der Waals surface area contributed by atoms with Crippen molar-refractivity contribution in [2.45, 2.75) is 45.6 Å². The van der Waals surface area contributed by atoms with Gasteiger partial charge in [0.05, 0.1) is 11.9 Å².